The second-order valence-corrected chi connectivity index (χ2v) is 9.91. The lowest BCUT2D eigenvalue weighted by atomic mass is 10.1. The van der Waals surface area contributed by atoms with E-state index in [4.69, 9.17) is 10.5 Å². The summed E-state index contributed by atoms with van der Waals surface area (Å²) in [6.07, 6.45) is 7.96. The lowest BCUT2D eigenvalue weighted by Gasteiger charge is -2.33. The highest BCUT2D eigenvalue weighted by molar-refractivity contribution is 6.03. The van der Waals surface area contributed by atoms with E-state index in [-0.39, 0.29) is 29.7 Å². The maximum Gasteiger partial charge on any atom is 0.252 e. The van der Waals surface area contributed by atoms with Crippen molar-refractivity contribution in [3.8, 4) is 17.2 Å². The predicted octanol–water partition coefficient (Wildman–Crippen LogP) is 1.78. The Morgan fingerprint density at radius 2 is 1.90 bits per heavy atom. The number of nitriles is 1. The number of hydrogen-bond donors (Lipinski definition) is 3. The van der Waals surface area contributed by atoms with E-state index in [1.807, 2.05) is 35.4 Å². The van der Waals surface area contributed by atoms with Crippen molar-refractivity contribution in [3.63, 3.8) is 0 Å². The van der Waals surface area contributed by atoms with Crippen LogP contribution in [0.2, 0.25) is 0 Å². The van der Waals surface area contributed by atoms with Crippen LogP contribution in [0, 0.1) is 11.3 Å². The number of anilines is 2. The third kappa shape index (κ3) is 4.72. The van der Waals surface area contributed by atoms with Crippen LogP contribution in [0.4, 0.5) is 11.6 Å². The van der Waals surface area contributed by atoms with Gasteiger partial charge in [0.2, 0.25) is 5.95 Å². The number of nitrogens with two attached hydrogens (primary N) is 1. The van der Waals surface area contributed by atoms with Gasteiger partial charge in [0.15, 0.2) is 0 Å². The summed E-state index contributed by atoms with van der Waals surface area (Å²) in [6, 6.07) is 11.3. The van der Waals surface area contributed by atoms with Crippen molar-refractivity contribution in [2.45, 2.75) is 31.0 Å². The van der Waals surface area contributed by atoms with Gasteiger partial charge in [-0.15, -0.1) is 0 Å². The molecular formula is C28H27N9O3. The van der Waals surface area contributed by atoms with Gasteiger partial charge in [-0.1, -0.05) is 12.1 Å². The Balaban J connectivity index is 1.47. The molecule has 1 saturated carbocycles. The molecule has 2 fully saturated rings. The molecule has 0 bridgehead atoms. The highest BCUT2D eigenvalue weighted by Crippen LogP contribution is 2.37. The van der Waals surface area contributed by atoms with E-state index in [1.165, 1.54) is 18.6 Å². The van der Waals surface area contributed by atoms with Gasteiger partial charge in [0, 0.05) is 43.6 Å². The third-order valence-corrected chi connectivity index (χ3v) is 7.25. The monoisotopic (exact) mass is 537 g/mol. The molecule has 202 valence electrons. The topological polar surface area (TPSA) is 164 Å². The second-order valence-electron chi connectivity index (χ2n) is 9.91. The number of carbonyl (C=O) groups is 2. The average molecular weight is 538 g/mol. The number of aromatic nitrogens is 4. The molecule has 1 aliphatic heterocycles. The first-order chi connectivity index (χ1) is 19.5. The van der Waals surface area contributed by atoms with Gasteiger partial charge in [0.1, 0.15) is 6.07 Å². The lowest BCUT2D eigenvalue weighted by molar-refractivity contribution is 0.0949. The van der Waals surface area contributed by atoms with Crippen LogP contribution in [0.1, 0.15) is 39.1 Å². The van der Waals surface area contributed by atoms with Crippen molar-refractivity contribution >= 4 is 29.0 Å². The normalized spacial score (nSPS) is 18.4. The highest BCUT2D eigenvalue weighted by Gasteiger charge is 2.37. The van der Waals surface area contributed by atoms with Crippen molar-refractivity contribution in [1.82, 2.24) is 30.2 Å². The van der Waals surface area contributed by atoms with Crippen LogP contribution >= 0.6 is 0 Å². The molecule has 0 radical (unpaired) electrons. The molecule has 4 heterocycles. The molecule has 40 heavy (non-hydrogen) atoms. The first-order valence-electron chi connectivity index (χ1n) is 12.9. The minimum atomic E-state index is -0.655. The molecule has 4 N–H and O–H groups in total. The standard InChI is InChI=1S/C28H27N9O3/c1-40-24-14-31-13-23(24)37(28-32-10-16(9-29)11-33-28)25-21(26(30)38)12-34-36-15-19(8-22(25)36)17-2-4-18(5-3-17)27(39)35-20-6-7-20/h2-5,8,10-12,15,20,23-24,31H,6-7,13-14H2,1H3,(H2,30,38)(H,35,39). The van der Waals surface area contributed by atoms with Crippen molar-refractivity contribution in [2.24, 2.45) is 5.73 Å². The van der Waals surface area contributed by atoms with Gasteiger partial charge in [-0.05, 0) is 36.6 Å². The van der Waals surface area contributed by atoms with E-state index >= 15 is 0 Å². The van der Waals surface area contributed by atoms with Crippen LogP contribution in [0.25, 0.3) is 16.6 Å². The number of nitrogens with zero attached hydrogens (tertiary/aromatic N) is 6. The molecule has 4 aromatic rings. The molecule has 1 aromatic carbocycles. The summed E-state index contributed by atoms with van der Waals surface area (Å²) in [5.74, 6) is -0.446. The summed E-state index contributed by atoms with van der Waals surface area (Å²) in [6.45, 7) is 1.13. The summed E-state index contributed by atoms with van der Waals surface area (Å²) in [4.78, 5) is 35.9. The van der Waals surface area contributed by atoms with Crippen molar-refractivity contribution in [3.05, 3.63) is 71.8 Å². The van der Waals surface area contributed by atoms with E-state index in [9.17, 15) is 14.9 Å². The van der Waals surface area contributed by atoms with Crippen LogP contribution in [0.5, 0.6) is 0 Å². The van der Waals surface area contributed by atoms with Crippen LogP contribution < -0.4 is 21.3 Å². The van der Waals surface area contributed by atoms with Crippen LogP contribution in [0.15, 0.2) is 55.1 Å². The zero-order valence-electron chi connectivity index (χ0n) is 21.7. The molecule has 2 aliphatic rings. The zero-order chi connectivity index (χ0) is 27.8. The fraction of sp³-hybridized carbons (Fsp3) is 0.286. The van der Waals surface area contributed by atoms with Gasteiger partial charge in [0.05, 0.1) is 53.1 Å². The molecule has 1 saturated heterocycles. The van der Waals surface area contributed by atoms with Gasteiger partial charge in [-0.25, -0.2) is 14.5 Å². The molecule has 6 rings (SSSR count). The number of benzene rings is 1. The Kier molecular flexibility index (Phi) is 6.59. The molecule has 2 atom stereocenters. The van der Waals surface area contributed by atoms with Crippen molar-refractivity contribution in [1.29, 1.82) is 5.26 Å². The Morgan fingerprint density at radius 3 is 2.55 bits per heavy atom. The number of primary amides is 1. The second kappa shape index (κ2) is 10.4. The van der Waals surface area contributed by atoms with Crippen LogP contribution in [-0.4, -0.2) is 69.8 Å². The van der Waals surface area contributed by atoms with E-state index in [0.29, 0.717) is 41.4 Å². The van der Waals surface area contributed by atoms with Gasteiger partial charge in [0.25, 0.3) is 11.8 Å². The highest BCUT2D eigenvalue weighted by atomic mass is 16.5. The number of methoxy groups -OCH3 is 1. The maximum atomic E-state index is 12.7. The summed E-state index contributed by atoms with van der Waals surface area (Å²) in [7, 11) is 1.63. The summed E-state index contributed by atoms with van der Waals surface area (Å²) in [5.41, 5.74) is 9.74. The fourth-order valence-corrected chi connectivity index (χ4v) is 5.00. The van der Waals surface area contributed by atoms with Crippen LogP contribution in [-0.2, 0) is 4.74 Å². The minimum absolute atomic E-state index is 0.0814. The number of hydrogen-bond acceptors (Lipinski definition) is 9. The lowest BCUT2D eigenvalue weighted by Crippen LogP contribution is -2.43. The SMILES string of the molecule is COC1CNCC1N(c1ncc(C#N)cn1)c1c(C(N)=O)cnn2cc(-c3ccc(C(=O)NC4CC4)cc3)cc12. The zero-order valence-corrected chi connectivity index (χ0v) is 21.7. The fourth-order valence-electron chi connectivity index (χ4n) is 5.00. The molecule has 2 amide bonds. The smallest absolute Gasteiger partial charge is 0.252 e. The minimum Gasteiger partial charge on any atom is -0.378 e. The van der Waals surface area contributed by atoms with E-state index < -0.39 is 5.91 Å². The van der Waals surface area contributed by atoms with Gasteiger partial charge >= 0.3 is 0 Å². The van der Waals surface area contributed by atoms with Crippen LogP contribution in [0.3, 0.4) is 0 Å². The Labute approximate surface area is 229 Å². The molecule has 2 unspecified atom stereocenters. The third-order valence-electron chi connectivity index (χ3n) is 7.25. The van der Waals surface area contributed by atoms with Gasteiger partial charge in [-0.2, -0.15) is 10.4 Å². The molecule has 12 nitrogen and oxygen atoms in total. The van der Waals surface area contributed by atoms with Gasteiger partial charge < -0.3 is 26.0 Å². The molecule has 0 spiro atoms. The number of ether oxygens (including phenoxy) is 1. The number of carbonyl (C=O) groups excluding carboxylic acids is 2. The molecule has 1 aliphatic carbocycles. The first-order valence-corrected chi connectivity index (χ1v) is 12.9. The molecule has 12 heteroatoms. The average Bonchev–Trinajstić information content (AvgIpc) is 3.48. The first kappa shape index (κ1) is 25.4. The molecular weight excluding hydrogens is 510 g/mol. The van der Waals surface area contributed by atoms with E-state index in [1.54, 1.807) is 23.8 Å². The Hall–Kier alpha value is -4.86. The van der Waals surface area contributed by atoms with Gasteiger partial charge in [-0.3, -0.25) is 9.59 Å². The van der Waals surface area contributed by atoms with Crippen molar-refractivity contribution < 1.29 is 14.3 Å². The number of amides is 2. The summed E-state index contributed by atoms with van der Waals surface area (Å²) >= 11 is 0. The quantitative estimate of drug-likeness (QED) is 0.304. The largest absolute Gasteiger partial charge is 0.378 e. The van der Waals surface area contributed by atoms with E-state index in [2.05, 4.69) is 25.7 Å². The predicted molar refractivity (Wildman–Crippen MR) is 146 cm³/mol. The number of fused-ring (bicyclic) bond motifs is 1. The number of rotatable bonds is 8. The molecule has 3 aromatic heterocycles. The Bertz CT molecular complexity index is 1620. The van der Waals surface area contributed by atoms with E-state index in [0.717, 1.165) is 24.0 Å². The Morgan fingerprint density at radius 1 is 1.15 bits per heavy atom. The summed E-state index contributed by atoms with van der Waals surface area (Å²) in [5, 5.41) is 20.0. The van der Waals surface area contributed by atoms with Crippen molar-refractivity contribution in [2.75, 3.05) is 25.1 Å². The maximum absolute atomic E-state index is 12.7. The number of nitrogens with one attached hydrogen (secondary N) is 2. The summed E-state index contributed by atoms with van der Waals surface area (Å²) < 4.78 is 7.43.